The summed E-state index contributed by atoms with van der Waals surface area (Å²) in [5.41, 5.74) is 0.750. The van der Waals surface area contributed by atoms with Crippen LogP contribution in [0.4, 0.5) is 11.4 Å². The average Bonchev–Trinajstić information content (AvgIpc) is 2.77. The van der Waals surface area contributed by atoms with Crippen LogP contribution in [0.2, 0.25) is 0 Å². The lowest BCUT2D eigenvalue weighted by atomic mass is 9.94. The molecule has 2 N–H and O–H groups in total. The van der Waals surface area contributed by atoms with E-state index in [0.717, 1.165) is 0 Å². The van der Waals surface area contributed by atoms with Crippen LogP contribution < -0.4 is 24.8 Å². The largest absolute Gasteiger partial charge is 0.496 e. The van der Waals surface area contributed by atoms with Gasteiger partial charge in [0.2, 0.25) is 5.91 Å². The molecule has 0 aromatic heterocycles. The highest BCUT2D eigenvalue weighted by Crippen LogP contribution is 2.35. The number of anilines is 2. The zero-order valence-corrected chi connectivity index (χ0v) is 15.7. The Kier molecular flexibility index (Phi) is 4.94. The van der Waals surface area contributed by atoms with Crippen molar-refractivity contribution < 1.29 is 23.8 Å². The fourth-order valence-electron chi connectivity index (χ4n) is 2.71. The third-order valence-corrected chi connectivity index (χ3v) is 4.35. The van der Waals surface area contributed by atoms with Gasteiger partial charge in [-0.1, -0.05) is 6.07 Å². The summed E-state index contributed by atoms with van der Waals surface area (Å²) >= 11 is 0. The lowest BCUT2D eigenvalue weighted by Gasteiger charge is -2.18. The molecule has 3 rings (SSSR count). The Hall–Kier alpha value is -3.22. The molecule has 1 aliphatic rings. The second-order valence-corrected chi connectivity index (χ2v) is 6.83. The predicted molar refractivity (Wildman–Crippen MR) is 102 cm³/mol. The van der Waals surface area contributed by atoms with Gasteiger partial charge in [0.05, 0.1) is 25.3 Å². The number of methoxy groups -OCH3 is 2. The molecule has 0 aliphatic carbocycles. The minimum atomic E-state index is -0.646. The molecule has 0 atom stereocenters. The van der Waals surface area contributed by atoms with E-state index < -0.39 is 5.41 Å². The van der Waals surface area contributed by atoms with Crippen LogP contribution in [-0.4, -0.2) is 32.6 Å². The van der Waals surface area contributed by atoms with Crippen molar-refractivity contribution in [1.29, 1.82) is 0 Å². The Morgan fingerprint density at radius 1 is 1.15 bits per heavy atom. The van der Waals surface area contributed by atoms with Gasteiger partial charge >= 0.3 is 0 Å². The molecule has 0 bridgehead atoms. The fourth-order valence-corrected chi connectivity index (χ4v) is 2.71. The van der Waals surface area contributed by atoms with Crippen LogP contribution >= 0.6 is 0 Å². The third kappa shape index (κ3) is 3.67. The second kappa shape index (κ2) is 7.19. The molecule has 142 valence electrons. The van der Waals surface area contributed by atoms with Gasteiger partial charge in [0.1, 0.15) is 29.4 Å². The molecule has 0 spiro atoms. The van der Waals surface area contributed by atoms with Crippen molar-refractivity contribution >= 4 is 23.2 Å². The fraction of sp³-hybridized carbons (Fsp3) is 0.300. The normalized spacial score (nSPS) is 14.9. The Labute approximate surface area is 157 Å². The molecule has 7 heteroatoms. The van der Waals surface area contributed by atoms with Crippen molar-refractivity contribution in [3.8, 4) is 17.2 Å². The first-order valence-corrected chi connectivity index (χ1v) is 8.46. The molecule has 0 saturated carbocycles. The van der Waals surface area contributed by atoms with E-state index in [2.05, 4.69) is 10.6 Å². The summed E-state index contributed by atoms with van der Waals surface area (Å²) in [7, 11) is 2.98. The number of carbonyl (C=O) groups is 2. The number of carbonyl (C=O) groups excluding carboxylic acids is 2. The molecule has 0 fully saturated rings. The van der Waals surface area contributed by atoms with E-state index >= 15 is 0 Å². The zero-order valence-electron chi connectivity index (χ0n) is 15.7. The Morgan fingerprint density at radius 3 is 2.44 bits per heavy atom. The summed E-state index contributed by atoms with van der Waals surface area (Å²) in [5.74, 6) is 0.830. The Bertz CT molecular complexity index is 870. The minimum absolute atomic E-state index is 0.114. The number of rotatable bonds is 4. The summed E-state index contributed by atoms with van der Waals surface area (Å²) in [6.07, 6.45) is 0. The highest BCUT2D eigenvalue weighted by Gasteiger charge is 2.32. The van der Waals surface area contributed by atoms with Gasteiger partial charge in [0.25, 0.3) is 5.91 Å². The van der Waals surface area contributed by atoms with Crippen LogP contribution in [0.3, 0.4) is 0 Å². The molecule has 2 aromatic carbocycles. The van der Waals surface area contributed by atoms with Crippen LogP contribution in [0.25, 0.3) is 0 Å². The van der Waals surface area contributed by atoms with E-state index in [1.807, 2.05) is 13.8 Å². The maximum absolute atomic E-state index is 12.8. The van der Waals surface area contributed by atoms with Crippen molar-refractivity contribution in [3.63, 3.8) is 0 Å². The van der Waals surface area contributed by atoms with Crippen LogP contribution in [-0.2, 0) is 4.79 Å². The molecular formula is C20H22N2O5. The molecular weight excluding hydrogens is 348 g/mol. The number of nitrogens with one attached hydrogen (secondary N) is 2. The first kappa shape index (κ1) is 18.6. The lowest BCUT2D eigenvalue weighted by Crippen LogP contribution is -2.33. The minimum Gasteiger partial charge on any atom is -0.496 e. The highest BCUT2D eigenvalue weighted by molar-refractivity contribution is 6.08. The number of amides is 2. The van der Waals surface area contributed by atoms with Gasteiger partial charge in [-0.3, -0.25) is 9.59 Å². The topological polar surface area (TPSA) is 85.9 Å². The van der Waals surface area contributed by atoms with Gasteiger partial charge in [0, 0.05) is 11.8 Å². The summed E-state index contributed by atoms with van der Waals surface area (Å²) in [6.45, 7) is 3.86. The molecule has 2 amide bonds. The van der Waals surface area contributed by atoms with E-state index in [1.54, 1.807) is 36.4 Å². The van der Waals surface area contributed by atoms with Crippen molar-refractivity contribution in [2.75, 3.05) is 31.5 Å². The molecule has 7 nitrogen and oxygen atoms in total. The van der Waals surface area contributed by atoms with Crippen LogP contribution in [0.5, 0.6) is 17.2 Å². The van der Waals surface area contributed by atoms with E-state index in [4.69, 9.17) is 14.2 Å². The quantitative estimate of drug-likeness (QED) is 0.862. The SMILES string of the molecule is COc1cccc(OC)c1C(=O)Nc1ccc2c(c1)OCC(C)(C)C(=O)N2. The number of ether oxygens (including phenoxy) is 3. The van der Waals surface area contributed by atoms with Crippen LogP contribution in [0.1, 0.15) is 24.2 Å². The standard InChI is InChI=1S/C20H22N2O5/c1-20(2)11-27-16-10-12(8-9-13(16)22-19(20)24)21-18(23)17-14(25-3)6-5-7-15(17)26-4/h5-10H,11H2,1-4H3,(H,21,23)(H,22,24). The van der Waals surface area contributed by atoms with E-state index in [-0.39, 0.29) is 18.4 Å². The van der Waals surface area contributed by atoms with Crippen molar-refractivity contribution in [2.45, 2.75) is 13.8 Å². The first-order chi connectivity index (χ1) is 12.9. The first-order valence-electron chi connectivity index (χ1n) is 8.46. The summed E-state index contributed by atoms with van der Waals surface area (Å²) < 4.78 is 16.3. The lowest BCUT2D eigenvalue weighted by molar-refractivity contribution is -0.124. The molecule has 0 saturated heterocycles. The van der Waals surface area contributed by atoms with Crippen molar-refractivity contribution in [2.24, 2.45) is 5.41 Å². The van der Waals surface area contributed by atoms with E-state index in [1.165, 1.54) is 14.2 Å². The number of hydrogen-bond donors (Lipinski definition) is 2. The average molecular weight is 370 g/mol. The second-order valence-electron chi connectivity index (χ2n) is 6.83. The van der Waals surface area contributed by atoms with Gasteiger partial charge in [-0.05, 0) is 38.1 Å². The number of fused-ring (bicyclic) bond motifs is 1. The van der Waals surface area contributed by atoms with Gasteiger partial charge in [-0.25, -0.2) is 0 Å². The van der Waals surface area contributed by atoms with Crippen LogP contribution in [0, 0.1) is 5.41 Å². The molecule has 1 heterocycles. The summed E-state index contributed by atoms with van der Waals surface area (Å²) in [6, 6.07) is 10.2. The Morgan fingerprint density at radius 2 is 1.81 bits per heavy atom. The smallest absolute Gasteiger partial charge is 0.263 e. The maximum atomic E-state index is 12.8. The highest BCUT2D eigenvalue weighted by atomic mass is 16.5. The zero-order chi connectivity index (χ0) is 19.6. The summed E-state index contributed by atoms with van der Waals surface area (Å²) in [5, 5.41) is 5.66. The van der Waals surface area contributed by atoms with Gasteiger partial charge in [-0.2, -0.15) is 0 Å². The van der Waals surface area contributed by atoms with Gasteiger partial charge < -0.3 is 24.8 Å². The molecule has 1 aliphatic heterocycles. The van der Waals surface area contributed by atoms with Crippen molar-refractivity contribution in [1.82, 2.24) is 0 Å². The monoisotopic (exact) mass is 370 g/mol. The summed E-state index contributed by atoms with van der Waals surface area (Å²) in [4.78, 5) is 25.0. The third-order valence-electron chi connectivity index (χ3n) is 4.35. The van der Waals surface area contributed by atoms with Crippen molar-refractivity contribution in [3.05, 3.63) is 42.0 Å². The Balaban J connectivity index is 1.87. The molecule has 0 radical (unpaired) electrons. The molecule has 0 unspecified atom stereocenters. The van der Waals surface area contributed by atoms with Crippen LogP contribution in [0.15, 0.2) is 36.4 Å². The maximum Gasteiger partial charge on any atom is 0.263 e. The van der Waals surface area contributed by atoms with E-state index in [9.17, 15) is 9.59 Å². The molecule has 2 aromatic rings. The van der Waals surface area contributed by atoms with Gasteiger partial charge in [0.15, 0.2) is 0 Å². The number of benzene rings is 2. The van der Waals surface area contributed by atoms with Gasteiger partial charge in [-0.15, -0.1) is 0 Å². The molecule has 27 heavy (non-hydrogen) atoms. The predicted octanol–water partition coefficient (Wildman–Crippen LogP) is 3.31. The van der Waals surface area contributed by atoms with E-state index in [0.29, 0.717) is 34.2 Å². The number of hydrogen-bond acceptors (Lipinski definition) is 5.